The second-order valence-corrected chi connectivity index (χ2v) is 8.04. The normalized spacial score (nSPS) is 25.7. The lowest BCUT2D eigenvalue weighted by atomic mass is 10.1. The molecule has 0 spiro atoms. The molecule has 0 N–H and O–H groups in total. The predicted octanol–water partition coefficient (Wildman–Crippen LogP) is 3.53. The van der Waals surface area contributed by atoms with Crippen LogP contribution >= 0.6 is 0 Å². The van der Waals surface area contributed by atoms with Crippen LogP contribution in [0.3, 0.4) is 0 Å². The Hall–Kier alpha value is -2.25. The molecule has 1 fully saturated rings. The number of rotatable bonds is 9. The van der Waals surface area contributed by atoms with E-state index in [0.717, 1.165) is 6.08 Å². The highest BCUT2D eigenvalue weighted by molar-refractivity contribution is 6.05. The molecule has 7 heteroatoms. The van der Waals surface area contributed by atoms with Crippen LogP contribution in [-0.2, 0) is 33.3 Å². The third-order valence-electron chi connectivity index (χ3n) is 4.27. The van der Waals surface area contributed by atoms with Crippen molar-refractivity contribution in [2.45, 2.75) is 84.1 Å². The van der Waals surface area contributed by atoms with Gasteiger partial charge in [0.1, 0.15) is 17.6 Å². The zero-order valence-electron chi connectivity index (χ0n) is 17.7. The average Bonchev–Trinajstić information content (AvgIpc) is 2.83. The molecule has 7 nitrogen and oxygen atoms in total. The van der Waals surface area contributed by atoms with E-state index in [1.54, 1.807) is 19.9 Å². The van der Waals surface area contributed by atoms with Gasteiger partial charge in [-0.15, -0.1) is 0 Å². The van der Waals surface area contributed by atoms with Crippen molar-refractivity contribution < 1.29 is 33.3 Å². The van der Waals surface area contributed by atoms with Gasteiger partial charge in [-0.3, -0.25) is 9.59 Å². The molecule has 0 aliphatic carbocycles. The van der Waals surface area contributed by atoms with Gasteiger partial charge in [0.15, 0.2) is 11.6 Å². The van der Waals surface area contributed by atoms with Crippen molar-refractivity contribution in [1.29, 1.82) is 0 Å². The van der Waals surface area contributed by atoms with Crippen LogP contribution in [-0.4, -0.2) is 41.3 Å². The van der Waals surface area contributed by atoms with Crippen LogP contribution in [0, 0.1) is 0 Å². The number of hydrogen-bond donors (Lipinski definition) is 0. The standard InChI is InChI=1S/C22H30O7/c1-6-9-18-19(28-22(4,5)27-18)11-8-7-10-15(23)12-16(24)13-17-14-20(25)29-21(2,3)26-17/h6-7,9-10,14,18-19H,8,11-13H2,1-5H3/b9-6+,10-7+/t18-,19+/m1/s1. The van der Waals surface area contributed by atoms with Gasteiger partial charge in [0.2, 0.25) is 5.79 Å². The Bertz CT molecular complexity index is 727. The lowest BCUT2D eigenvalue weighted by Gasteiger charge is -2.30. The van der Waals surface area contributed by atoms with E-state index in [9.17, 15) is 14.4 Å². The molecule has 0 aromatic heterocycles. The van der Waals surface area contributed by atoms with Crippen LogP contribution in [0.4, 0.5) is 0 Å². The predicted molar refractivity (Wildman–Crippen MR) is 106 cm³/mol. The molecule has 2 rings (SSSR count). The monoisotopic (exact) mass is 406 g/mol. The smallest absolute Gasteiger partial charge is 0.337 e. The number of allylic oxidation sites excluding steroid dienone is 4. The number of ketones is 2. The van der Waals surface area contributed by atoms with Gasteiger partial charge in [0, 0.05) is 13.8 Å². The Labute approximate surface area is 171 Å². The highest BCUT2D eigenvalue weighted by Gasteiger charge is 2.39. The highest BCUT2D eigenvalue weighted by Crippen LogP contribution is 2.31. The number of cyclic esters (lactones) is 1. The molecule has 2 heterocycles. The van der Waals surface area contributed by atoms with Crippen molar-refractivity contribution >= 4 is 17.5 Å². The minimum absolute atomic E-state index is 0.0823. The summed E-state index contributed by atoms with van der Waals surface area (Å²) in [6.45, 7) is 8.84. The van der Waals surface area contributed by atoms with Crippen LogP contribution in [0.25, 0.3) is 0 Å². The molecule has 0 bridgehead atoms. The second-order valence-electron chi connectivity index (χ2n) is 8.04. The molecule has 0 saturated carbocycles. The molecule has 29 heavy (non-hydrogen) atoms. The summed E-state index contributed by atoms with van der Waals surface area (Å²) in [6.07, 6.45) is 8.96. The van der Waals surface area contributed by atoms with E-state index in [2.05, 4.69) is 0 Å². The summed E-state index contributed by atoms with van der Waals surface area (Å²) < 4.78 is 22.1. The average molecular weight is 406 g/mol. The number of carbonyl (C=O) groups excluding carboxylic acids is 3. The van der Waals surface area contributed by atoms with E-state index >= 15 is 0 Å². The third kappa shape index (κ3) is 7.59. The first-order chi connectivity index (χ1) is 13.5. The molecule has 0 unspecified atom stereocenters. The van der Waals surface area contributed by atoms with E-state index in [0.29, 0.717) is 12.8 Å². The molecule has 1 saturated heterocycles. The largest absolute Gasteiger partial charge is 0.456 e. The van der Waals surface area contributed by atoms with Crippen LogP contribution in [0.5, 0.6) is 0 Å². The first-order valence-electron chi connectivity index (χ1n) is 9.82. The Morgan fingerprint density at radius 2 is 1.83 bits per heavy atom. The zero-order valence-corrected chi connectivity index (χ0v) is 17.7. The second kappa shape index (κ2) is 9.50. The van der Waals surface area contributed by atoms with Crippen molar-refractivity contribution in [2.24, 2.45) is 0 Å². The van der Waals surface area contributed by atoms with Gasteiger partial charge in [0.25, 0.3) is 0 Å². The van der Waals surface area contributed by atoms with Crippen LogP contribution in [0.15, 0.2) is 36.1 Å². The molecular weight excluding hydrogens is 376 g/mol. The van der Waals surface area contributed by atoms with E-state index in [1.165, 1.54) is 6.08 Å². The molecule has 0 aromatic carbocycles. The van der Waals surface area contributed by atoms with Gasteiger partial charge in [-0.2, -0.15) is 0 Å². The van der Waals surface area contributed by atoms with Crippen LogP contribution < -0.4 is 0 Å². The van der Waals surface area contributed by atoms with Gasteiger partial charge in [0.05, 0.1) is 25.0 Å². The van der Waals surface area contributed by atoms with E-state index in [1.807, 2.05) is 32.9 Å². The van der Waals surface area contributed by atoms with E-state index < -0.39 is 17.5 Å². The summed E-state index contributed by atoms with van der Waals surface area (Å²) in [5.41, 5.74) is 0. The molecule has 0 amide bonds. The number of Topliss-reactive ketones (excluding diaryl/α,β-unsaturated/α-hetero) is 1. The maximum atomic E-state index is 12.1. The van der Waals surface area contributed by atoms with E-state index in [-0.39, 0.29) is 42.4 Å². The Balaban J connectivity index is 1.76. The highest BCUT2D eigenvalue weighted by atomic mass is 16.8. The van der Waals surface area contributed by atoms with Crippen molar-refractivity contribution in [1.82, 2.24) is 0 Å². The molecule has 160 valence electrons. The number of ether oxygens (including phenoxy) is 4. The van der Waals surface area contributed by atoms with Gasteiger partial charge in [-0.05, 0) is 39.7 Å². The molecule has 2 aliphatic rings. The summed E-state index contributed by atoms with van der Waals surface area (Å²) >= 11 is 0. The molecule has 2 atom stereocenters. The van der Waals surface area contributed by atoms with Crippen molar-refractivity contribution in [3.05, 3.63) is 36.1 Å². The molecular formula is C22H30O7. The van der Waals surface area contributed by atoms with Gasteiger partial charge in [-0.25, -0.2) is 4.79 Å². The quantitative estimate of drug-likeness (QED) is 0.250. The zero-order chi connectivity index (χ0) is 21.7. The minimum Gasteiger partial charge on any atom is -0.456 e. The van der Waals surface area contributed by atoms with Crippen molar-refractivity contribution in [3.8, 4) is 0 Å². The molecule has 2 aliphatic heterocycles. The van der Waals surface area contributed by atoms with Gasteiger partial charge < -0.3 is 18.9 Å². The topological polar surface area (TPSA) is 88.1 Å². The first kappa shape index (κ1) is 23.0. The SMILES string of the molecule is C/C=C/[C@H]1OC(C)(C)O[C@H]1CC/C=C/C(=O)CC(=O)CC1=CC(=O)OC(C)(C)O1. The number of esters is 1. The summed E-state index contributed by atoms with van der Waals surface area (Å²) in [6, 6.07) is 0. The minimum atomic E-state index is -1.11. The van der Waals surface area contributed by atoms with Crippen molar-refractivity contribution in [2.75, 3.05) is 0 Å². The fourth-order valence-corrected chi connectivity index (χ4v) is 3.28. The summed E-state index contributed by atoms with van der Waals surface area (Å²) in [5, 5.41) is 0. The fourth-order valence-electron chi connectivity index (χ4n) is 3.28. The number of carbonyl (C=O) groups is 3. The van der Waals surface area contributed by atoms with Crippen LogP contribution in [0.2, 0.25) is 0 Å². The fraction of sp³-hybridized carbons (Fsp3) is 0.591. The maximum Gasteiger partial charge on any atom is 0.337 e. The molecule has 0 radical (unpaired) electrons. The van der Waals surface area contributed by atoms with Crippen LogP contribution in [0.1, 0.15) is 60.3 Å². The maximum absolute atomic E-state index is 12.1. The molecule has 0 aromatic rings. The lowest BCUT2D eigenvalue weighted by molar-refractivity contribution is -0.205. The summed E-state index contributed by atoms with van der Waals surface area (Å²) in [5.74, 6) is -2.70. The Morgan fingerprint density at radius 1 is 1.10 bits per heavy atom. The first-order valence-corrected chi connectivity index (χ1v) is 9.82. The Kier molecular flexibility index (Phi) is 7.54. The van der Waals surface area contributed by atoms with Gasteiger partial charge in [-0.1, -0.05) is 18.2 Å². The summed E-state index contributed by atoms with van der Waals surface area (Å²) in [7, 11) is 0. The van der Waals surface area contributed by atoms with Gasteiger partial charge >= 0.3 is 5.97 Å². The van der Waals surface area contributed by atoms with E-state index in [4.69, 9.17) is 18.9 Å². The van der Waals surface area contributed by atoms with Crippen molar-refractivity contribution in [3.63, 3.8) is 0 Å². The lowest BCUT2D eigenvalue weighted by Crippen LogP contribution is -2.34. The number of hydrogen-bond acceptors (Lipinski definition) is 7. The Morgan fingerprint density at radius 3 is 2.48 bits per heavy atom. The summed E-state index contributed by atoms with van der Waals surface area (Å²) in [4.78, 5) is 35.6. The third-order valence-corrected chi connectivity index (χ3v) is 4.27.